The Morgan fingerprint density at radius 3 is 1.95 bits per heavy atom. The lowest BCUT2D eigenvalue weighted by Crippen LogP contribution is -2.21. The molecule has 1 heteroatoms. The molecule has 0 saturated carbocycles. The van der Waals surface area contributed by atoms with Crippen molar-refractivity contribution < 1.29 is 5.11 Å². The topological polar surface area (TPSA) is 19.9 Å². The Labute approximate surface area is 119 Å². The van der Waals surface area contributed by atoms with E-state index in [1.807, 2.05) is 6.07 Å². The molecule has 19 heavy (non-hydrogen) atoms. The molecule has 0 saturated heterocycles. The number of hydrogen-bond acceptors (Lipinski definition) is 0. The zero-order valence-electron chi connectivity index (χ0n) is 13.5. The quantitative estimate of drug-likeness (QED) is 0.599. The van der Waals surface area contributed by atoms with Crippen LogP contribution in [0.1, 0.15) is 78.4 Å². The Morgan fingerprint density at radius 1 is 0.895 bits per heavy atom. The van der Waals surface area contributed by atoms with Crippen LogP contribution >= 0.6 is 0 Å². The van der Waals surface area contributed by atoms with Gasteiger partial charge in [-0.05, 0) is 35.3 Å². The monoisotopic (exact) mass is 261 g/mol. The molecule has 107 valence electrons. The van der Waals surface area contributed by atoms with Crippen molar-refractivity contribution >= 4 is 0 Å². The molecule has 0 N–H and O–H groups in total. The van der Waals surface area contributed by atoms with E-state index in [1.54, 1.807) is 6.07 Å². The summed E-state index contributed by atoms with van der Waals surface area (Å²) in [4.78, 5) is 0. The summed E-state index contributed by atoms with van der Waals surface area (Å²) in [5.74, 6) is 0.189. The van der Waals surface area contributed by atoms with E-state index in [0.717, 1.165) is 24.8 Å². The van der Waals surface area contributed by atoms with E-state index in [0.29, 0.717) is 0 Å². The van der Waals surface area contributed by atoms with Crippen LogP contribution in [0.15, 0.2) is 18.2 Å². The smallest absolute Gasteiger partial charge is 0.182 e. The minimum Gasteiger partial charge on any atom is -0.290 e. The van der Waals surface area contributed by atoms with Crippen molar-refractivity contribution in [3.05, 3.63) is 29.3 Å². The summed E-state index contributed by atoms with van der Waals surface area (Å²) >= 11 is 0. The van der Waals surface area contributed by atoms with Gasteiger partial charge in [0, 0.05) is 5.56 Å². The largest absolute Gasteiger partial charge is 0.290 e. The highest BCUT2D eigenvalue weighted by molar-refractivity contribution is 5.43. The lowest BCUT2D eigenvalue weighted by atomic mass is 9.75. The predicted octanol–water partition coefficient (Wildman–Crippen LogP) is 5.99. The van der Waals surface area contributed by atoms with Crippen molar-refractivity contribution in [3.63, 3.8) is 0 Å². The highest BCUT2D eigenvalue weighted by Gasteiger charge is 2.27. The number of hydrogen-bond donors (Lipinski definition) is 0. The van der Waals surface area contributed by atoms with Crippen LogP contribution in [-0.4, -0.2) is 0 Å². The van der Waals surface area contributed by atoms with Crippen molar-refractivity contribution in [2.24, 2.45) is 0 Å². The van der Waals surface area contributed by atoms with Gasteiger partial charge in [0.2, 0.25) is 0 Å². The fourth-order valence-electron chi connectivity index (χ4n) is 3.01. The van der Waals surface area contributed by atoms with Gasteiger partial charge in [-0.25, -0.2) is 0 Å². The highest BCUT2D eigenvalue weighted by atomic mass is 16.3. The minimum atomic E-state index is -0.0237. The molecular formula is C18H29O. The number of rotatable bonds is 6. The molecular weight excluding hydrogens is 232 g/mol. The van der Waals surface area contributed by atoms with Crippen molar-refractivity contribution in [2.45, 2.75) is 78.1 Å². The summed E-state index contributed by atoms with van der Waals surface area (Å²) in [5, 5.41) is 12.2. The molecule has 0 unspecified atom stereocenters. The van der Waals surface area contributed by atoms with E-state index in [-0.39, 0.29) is 16.6 Å². The Kier molecular flexibility index (Phi) is 5.06. The Hall–Kier alpha value is -0.980. The average molecular weight is 261 g/mol. The third kappa shape index (κ3) is 3.75. The fourth-order valence-corrected chi connectivity index (χ4v) is 3.01. The molecule has 0 bridgehead atoms. The number of benzene rings is 1. The van der Waals surface area contributed by atoms with E-state index in [4.69, 9.17) is 0 Å². The Morgan fingerprint density at radius 2 is 1.42 bits per heavy atom. The van der Waals surface area contributed by atoms with Crippen molar-refractivity contribution in [1.29, 1.82) is 0 Å². The summed E-state index contributed by atoms with van der Waals surface area (Å²) in [5.41, 5.74) is 2.41. The maximum absolute atomic E-state index is 12.2. The minimum absolute atomic E-state index is 0.0237. The molecule has 0 heterocycles. The normalized spacial score (nSPS) is 12.7. The first-order valence-corrected chi connectivity index (χ1v) is 7.56. The van der Waals surface area contributed by atoms with Crippen LogP contribution in [0.5, 0.6) is 5.75 Å². The van der Waals surface area contributed by atoms with E-state index in [9.17, 15) is 5.11 Å². The Bertz CT molecular complexity index is 416. The summed E-state index contributed by atoms with van der Waals surface area (Å²) in [7, 11) is 0. The lowest BCUT2D eigenvalue weighted by Gasteiger charge is -2.29. The van der Waals surface area contributed by atoms with Gasteiger partial charge in [0.1, 0.15) is 0 Å². The molecule has 0 amide bonds. The van der Waals surface area contributed by atoms with Gasteiger partial charge in [-0.1, -0.05) is 66.5 Å². The third-order valence-electron chi connectivity index (χ3n) is 4.24. The summed E-state index contributed by atoms with van der Waals surface area (Å²) < 4.78 is 0. The van der Waals surface area contributed by atoms with Gasteiger partial charge in [0.25, 0.3) is 0 Å². The molecule has 0 aliphatic heterocycles. The van der Waals surface area contributed by atoms with Crippen molar-refractivity contribution in [3.8, 4) is 5.75 Å². The van der Waals surface area contributed by atoms with Gasteiger partial charge >= 0.3 is 0 Å². The molecule has 1 aromatic carbocycles. The van der Waals surface area contributed by atoms with Gasteiger partial charge < -0.3 is 0 Å². The molecule has 1 nitrogen and oxygen atoms in total. The SMILES string of the molecule is CCCC(C)(C)c1ccc([O])c(C(C)(C)CCC)c1. The molecule has 1 rings (SSSR count). The maximum Gasteiger partial charge on any atom is 0.182 e. The van der Waals surface area contributed by atoms with Crippen LogP contribution in [0, 0.1) is 0 Å². The van der Waals surface area contributed by atoms with E-state index < -0.39 is 0 Å². The molecule has 0 atom stereocenters. The second-order valence-electron chi connectivity index (χ2n) is 6.98. The van der Waals surface area contributed by atoms with E-state index in [1.165, 1.54) is 12.0 Å². The van der Waals surface area contributed by atoms with Crippen molar-refractivity contribution in [2.75, 3.05) is 0 Å². The van der Waals surface area contributed by atoms with E-state index in [2.05, 4.69) is 47.6 Å². The van der Waals surface area contributed by atoms with Crippen LogP contribution < -0.4 is 0 Å². The second kappa shape index (κ2) is 5.98. The molecule has 0 fully saturated rings. The standard InChI is InChI=1S/C18H29O/c1-7-11-17(3,4)14-9-10-16(19)15(13-14)18(5,6)12-8-2/h9-10,13H,7-8,11-12H2,1-6H3. The third-order valence-corrected chi connectivity index (χ3v) is 4.24. The predicted molar refractivity (Wildman–Crippen MR) is 82.4 cm³/mol. The summed E-state index contributed by atoms with van der Waals surface area (Å²) in [6.07, 6.45) is 4.48. The van der Waals surface area contributed by atoms with E-state index >= 15 is 0 Å². The zero-order valence-corrected chi connectivity index (χ0v) is 13.5. The molecule has 1 aromatic rings. The van der Waals surface area contributed by atoms with Crippen LogP contribution in [0.25, 0.3) is 0 Å². The average Bonchev–Trinajstić information content (AvgIpc) is 2.28. The Balaban J connectivity index is 3.21. The maximum atomic E-state index is 12.2. The van der Waals surface area contributed by atoms with Crippen LogP contribution in [0.2, 0.25) is 0 Å². The van der Waals surface area contributed by atoms with Gasteiger partial charge in [-0.3, -0.25) is 5.11 Å². The van der Waals surface area contributed by atoms with Crippen LogP contribution in [0.3, 0.4) is 0 Å². The van der Waals surface area contributed by atoms with Gasteiger partial charge in [0.05, 0.1) is 0 Å². The lowest BCUT2D eigenvalue weighted by molar-refractivity contribution is 0.332. The first-order chi connectivity index (χ1) is 8.74. The molecule has 1 radical (unpaired) electrons. The highest BCUT2D eigenvalue weighted by Crippen LogP contribution is 2.39. The molecule has 0 aliphatic carbocycles. The van der Waals surface area contributed by atoms with Crippen molar-refractivity contribution in [1.82, 2.24) is 0 Å². The first kappa shape index (κ1) is 16.1. The molecule has 0 aromatic heterocycles. The molecule has 0 spiro atoms. The van der Waals surface area contributed by atoms with Gasteiger partial charge in [-0.2, -0.15) is 0 Å². The zero-order chi connectivity index (χ0) is 14.7. The van der Waals surface area contributed by atoms with Crippen LogP contribution in [-0.2, 0) is 15.9 Å². The van der Waals surface area contributed by atoms with Crippen LogP contribution in [0.4, 0.5) is 0 Å². The first-order valence-electron chi connectivity index (χ1n) is 7.56. The second-order valence-corrected chi connectivity index (χ2v) is 6.98. The van der Waals surface area contributed by atoms with Gasteiger partial charge in [-0.15, -0.1) is 0 Å². The fraction of sp³-hybridized carbons (Fsp3) is 0.667. The summed E-state index contributed by atoms with van der Waals surface area (Å²) in [6, 6.07) is 5.94. The molecule has 0 aliphatic rings. The summed E-state index contributed by atoms with van der Waals surface area (Å²) in [6.45, 7) is 13.3. The van der Waals surface area contributed by atoms with Gasteiger partial charge in [0.15, 0.2) is 5.75 Å².